The summed E-state index contributed by atoms with van der Waals surface area (Å²) in [5.41, 5.74) is 10.7. The molecule has 1 fully saturated rings. The number of anilines is 2. The Morgan fingerprint density at radius 1 is 1.47 bits per heavy atom. The quantitative estimate of drug-likeness (QED) is 0.730. The van der Waals surface area contributed by atoms with Crippen molar-refractivity contribution in [1.29, 1.82) is 0 Å². The monoisotopic (exact) mass is 227 g/mol. The molecule has 15 heavy (non-hydrogen) atoms. The fraction of sp³-hybridized carbons (Fsp3) is 0.625. The van der Waals surface area contributed by atoms with E-state index < -0.39 is 0 Å². The van der Waals surface area contributed by atoms with E-state index in [1.165, 1.54) is 11.5 Å². The lowest BCUT2D eigenvalue weighted by molar-refractivity contribution is -0.122. The summed E-state index contributed by atoms with van der Waals surface area (Å²) < 4.78 is 3.92. The molecule has 0 radical (unpaired) electrons. The van der Waals surface area contributed by atoms with Crippen LogP contribution in [0.25, 0.3) is 0 Å². The Kier molecular flexibility index (Phi) is 2.72. The molecule has 0 unspecified atom stereocenters. The Hall–Kier alpha value is -1.37. The van der Waals surface area contributed by atoms with Crippen molar-refractivity contribution in [2.45, 2.75) is 12.8 Å². The molecule has 7 heteroatoms. The average molecular weight is 227 g/mol. The van der Waals surface area contributed by atoms with Crippen LogP contribution in [-0.4, -0.2) is 28.4 Å². The Morgan fingerprint density at radius 2 is 2.13 bits per heavy atom. The van der Waals surface area contributed by atoms with Gasteiger partial charge in [0.05, 0.1) is 0 Å². The normalized spacial score (nSPS) is 18.0. The largest absolute Gasteiger partial charge is 0.369 e. The van der Waals surface area contributed by atoms with Crippen LogP contribution in [0.15, 0.2) is 0 Å². The number of amides is 1. The first-order valence-electron chi connectivity index (χ1n) is 4.80. The minimum atomic E-state index is -0.202. The van der Waals surface area contributed by atoms with Gasteiger partial charge in [0.25, 0.3) is 0 Å². The number of rotatable bonds is 2. The zero-order chi connectivity index (χ0) is 10.8. The third kappa shape index (κ3) is 2.17. The third-order valence-corrected chi connectivity index (χ3v) is 3.39. The molecule has 4 N–H and O–H groups in total. The standard InChI is InChI=1S/C8H13N5OS/c9-6(14)5-1-3-13(4-2-5)8-11-7(10)12-15-8/h5H,1-4H2,(H2,9,14)(H2,10,12). The Balaban J connectivity index is 1.96. The fourth-order valence-corrected chi connectivity index (χ4v) is 2.36. The molecule has 0 aromatic carbocycles. The molecule has 1 saturated heterocycles. The van der Waals surface area contributed by atoms with Gasteiger partial charge in [0.15, 0.2) is 0 Å². The van der Waals surface area contributed by atoms with Gasteiger partial charge >= 0.3 is 0 Å². The van der Waals surface area contributed by atoms with E-state index in [0.717, 1.165) is 31.1 Å². The number of primary amides is 1. The molecule has 0 bridgehead atoms. The van der Waals surface area contributed by atoms with Gasteiger partial charge in [-0.1, -0.05) is 0 Å². The summed E-state index contributed by atoms with van der Waals surface area (Å²) in [6.45, 7) is 1.59. The molecule has 0 spiro atoms. The minimum absolute atomic E-state index is 0.00604. The topological polar surface area (TPSA) is 98.1 Å². The number of hydrogen-bond donors (Lipinski definition) is 2. The molecule has 0 atom stereocenters. The number of piperidine rings is 1. The first-order valence-corrected chi connectivity index (χ1v) is 5.57. The van der Waals surface area contributed by atoms with Gasteiger partial charge in [0.1, 0.15) is 0 Å². The lowest BCUT2D eigenvalue weighted by Crippen LogP contribution is -2.38. The molecule has 1 aliphatic heterocycles. The highest BCUT2D eigenvalue weighted by Crippen LogP contribution is 2.24. The van der Waals surface area contributed by atoms with Gasteiger partial charge in [-0.05, 0) is 12.8 Å². The summed E-state index contributed by atoms with van der Waals surface area (Å²) in [5.74, 6) is 0.116. The smallest absolute Gasteiger partial charge is 0.233 e. The zero-order valence-corrected chi connectivity index (χ0v) is 9.04. The number of carbonyl (C=O) groups excluding carboxylic acids is 1. The molecule has 2 heterocycles. The van der Waals surface area contributed by atoms with Crippen molar-refractivity contribution >= 4 is 28.5 Å². The van der Waals surface area contributed by atoms with Gasteiger partial charge < -0.3 is 16.4 Å². The van der Waals surface area contributed by atoms with Crippen molar-refractivity contribution in [2.75, 3.05) is 23.7 Å². The number of carbonyl (C=O) groups is 1. The molecular weight excluding hydrogens is 214 g/mol. The molecule has 1 aromatic heterocycles. The van der Waals surface area contributed by atoms with Crippen LogP contribution in [0, 0.1) is 5.92 Å². The number of nitrogen functional groups attached to an aromatic ring is 1. The summed E-state index contributed by atoms with van der Waals surface area (Å²) in [6, 6.07) is 0. The van der Waals surface area contributed by atoms with Crippen molar-refractivity contribution < 1.29 is 4.79 Å². The van der Waals surface area contributed by atoms with Crippen molar-refractivity contribution in [3.63, 3.8) is 0 Å². The SMILES string of the molecule is NC(=O)C1CCN(c2nc(N)ns2)CC1. The van der Waals surface area contributed by atoms with E-state index in [1.807, 2.05) is 0 Å². The summed E-state index contributed by atoms with van der Waals surface area (Å²) in [5, 5.41) is 0.829. The van der Waals surface area contributed by atoms with Crippen molar-refractivity contribution in [2.24, 2.45) is 11.7 Å². The lowest BCUT2D eigenvalue weighted by Gasteiger charge is -2.29. The number of aromatic nitrogens is 2. The minimum Gasteiger partial charge on any atom is -0.369 e. The number of nitrogens with two attached hydrogens (primary N) is 2. The molecule has 0 saturated carbocycles. The summed E-state index contributed by atoms with van der Waals surface area (Å²) in [4.78, 5) is 17.1. The van der Waals surface area contributed by atoms with Crippen LogP contribution in [0.5, 0.6) is 0 Å². The van der Waals surface area contributed by atoms with Crippen LogP contribution in [0.4, 0.5) is 11.1 Å². The third-order valence-electron chi connectivity index (χ3n) is 2.60. The Labute approximate surface area is 91.4 Å². The maximum atomic E-state index is 11.0. The second-order valence-electron chi connectivity index (χ2n) is 3.60. The summed E-state index contributed by atoms with van der Waals surface area (Å²) >= 11 is 1.29. The average Bonchev–Trinajstić information content (AvgIpc) is 2.65. The second-order valence-corrected chi connectivity index (χ2v) is 4.33. The van der Waals surface area contributed by atoms with Crippen molar-refractivity contribution in [3.8, 4) is 0 Å². The van der Waals surface area contributed by atoms with E-state index in [0.29, 0.717) is 5.95 Å². The summed E-state index contributed by atoms with van der Waals surface area (Å²) in [7, 11) is 0. The predicted molar refractivity (Wildman–Crippen MR) is 58.5 cm³/mol. The molecule has 1 aliphatic rings. The van der Waals surface area contributed by atoms with Crippen LogP contribution >= 0.6 is 11.5 Å². The number of nitrogens with zero attached hydrogens (tertiary/aromatic N) is 3. The van der Waals surface area contributed by atoms with Gasteiger partial charge in [-0.25, -0.2) is 0 Å². The maximum Gasteiger partial charge on any atom is 0.233 e. The highest BCUT2D eigenvalue weighted by Gasteiger charge is 2.24. The van der Waals surface area contributed by atoms with Crippen LogP contribution in [-0.2, 0) is 4.79 Å². The van der Waals surface area contributed by atoms with Crippen LogP contribution in [0.1, 0.15) is 12.8 Å². The second kappa shape index (κ2) is 4.01. The van der Waals surface area contributed by atoms with Gasteiger partial charge in [-0.3, -0.25) is 4.79 Å². The Morgan fingerprint density at radius 3 is 2.60 bits per heavy atom. The maximum absolute atomic E-state index is 11.0. The van der Waals surface area contributed by atoms with E-state index in [4.69, 9.17) is 11.5 Å². The van der Waals surface area contributed by atoms with Crippen molar-refractivity contribution in [1.82, 2.24) is 9.36 Å². The predicted octanol–water partition coefficient (Wildman–Crippen LogP) is -0.178. The lowest BCUT2D eigenvalue weighted by atomic mass is 9.97. The van der Waals surface area contributed by atoms with Crippen LogP contribution < -0.4 is 16.4 Å². The van der Waals surface area contributed by atoms with Gasteiger partial charge in [0.2, 0.25) is 17.0 Å². The fourth-order valence-electron chi connectivity index (χ4n) is 1.71. The molecule has 6 nitrogen and oxygen atoms in total. The van der Waals surface area contributed by atoms with Crippen molar-refractivity contribution in [3.05, 3.63) is 0 Å². The van der Waals surface area contributed by atoms with Gasteiger partial charge in [-0.2, -0.15) is 9.36 Å². The zero-order valence-electron chi connectivity index (χ0n) is 8.22. The van der Waals surface area contributed by atoms with E-state index in [-0.39, 0.29) is 11.8 Å². The molecule has 1 aromatic rings. The molecule has 82 valence electrons. The van der Waals surface area contributed by atoms with E-state index in [9.17, 15) is 4.79 Å². The Bertz CT molecular complexity index is 358. The van der Waals surface area contributed by atoms with Crippen LogP contribution in [0.3, 0.4) is 0 Å². The molecular formula is C8H13N5OS. The van der Waals surface area contributed by atoms with Gasteiger partial charge in [-0.15, -0.1) is 0 Å². The highest BCUT2D eigenvalue weighted by atomic mass is 32.1. The van der Waals surface area contributed by atoms with Crippen LogP contribution in [0.2, 0.25) is 0 Å². The van der Waals surface area contributed by atoms with E-state index >= 15 is 0 Å². The molecule has 1 amide bonds. The molecule has 0 aliphatic carbocycles. The number of hydrogen-bond acceptors (Lipinski definition) is 6. The van der Waals surface area contributed by atoms with Gasteiger partial charge in [0, 0.05) is 30.5 Å². The molecule has 2 rings (SSSR count). The first-order chi connectivity index (χ1) is 7.16. The van der Waals surface area contributed by atoms with E-state index in [2.05, 4.69) is 14.3 Å². The summed E-state index contributed by atoms with van der Waals surface area (Å²) in [6.07, 6.45) is 1.57. The highest BCUT2D eigenvalue weighted by molar-refractivity contribution is 7.09. The van der Waals surface area contributed by atoms with E-state index in [1.54, 1.807) is 0 Å². The first kappa shape index (κ1) is 10.2.